The highest BCUT2D eigenvalue weighted by molar-refractivity contribution is 9.10. The number of fused-ring (bicyclic) bond motifs is 1. The van der Waals surface area contributed by atoms with Crippen molar-refractivity contribution in [2.45, 2.75) is 0 Å². The molecule has 1 aromatic heterocycles. The summed E-state index contributed by atoms with van der Waals surface area (Å²) in [5.74, 6) is 0.418. The first-order chi connectivity index (χ1) is 9.59. The van der Waals surface area contributed by atoms with Crippen molar-refractivity contribution in [3.63, 3.8) is 0 Å². The average Bonchev–Trinajstić information content (AvgIpc) is 2.43. The maximum atomic E-state index is 6.29. The van der Waals surface area contributed by atoms with Gasteiger partial charge in [0.1, 0.15) is 12.1 Å². The molecule has 0 aliphatic heterocycles. The second-order valence-corrected chi connectivity index (χ2v) is 5.82. The number of anilines is 1. The van der Waals surface area contributed by atoms with Crippen molar-refractivity contribution < 1.29 is 0 Å². The Balaban J connectivity index is 2.41. The van der Waals surface area contributed by atoms with Gasteiger partial charge in [-0.25, -0.2) is 9.97 Å². The lowest BCUT2D eigenvalue weighted by molar-refractivity contribution is 1.23. The summed E-state index contributed by atoms with van der Waals surface area (Å²) in [5.41, 5.74) is 8.34. The molecule has 0 atom stereocenters. The van der Waals surface area contributed by atoms with E-state index >= 15 is 0 Å². The van der Waals surface area contributed by atoms with Crippen LogP contribution >= 0.6 is 39.1 Å². The van der Waals surface area contributed by atoms with E-state index in [4.69, 9.17) is 28.9 Å². The number of halogens is 3. The molecule has 3 aromatic rings. The van der Waals surface area contributed by atoms with Crippen LogP contribution < -0.4 is 5.73 Å². The SMILES string of the molecule is Nc1ncnc2c(-c3cccc(Cl)c3Cl)ccc(Br)c12. The summed E-state index contributed by atoms with van der Waals surface area (Å²) < 4.78 is 0.840. The molecule has 20 heavy (non-hydrogen) atoms. The van der Waals surface area contributed by atoms with Crippen LogP contribution in [-0.2, 0) is 0 Å². The minimum atomic E-state index is 0.418. The average molecular weight is 369 g/mol. The third-order valence-electron chi connectivity index (χ3n) is 3.01. The van der Waals surface area contributed by atoms with Crippen LogP contribution in [0.1, 0.15) is 0 Å². The van der Waals surface area contributed by atoms with Gasteiger partial charge in [-0.1, -0.05) is 41.4 Å². The molecular formula is C14H8BrCl2N3. The van der Waals surface area contributed by atoms with Crippen LogP contribution in [0.25, 0.3) is 22.0 Å². The molecule has 6 heteroatoms. The van der Waals surface area contributed by atoms with Crippen molar-refractivity contribution >= 4 is 55.9 Å². The number of aromatic nitrogens is 2. The molecule has 0 bridgehead atoms. The van der Waals surface area contributed by atoms with Crippen molar-refractivity contribution in [1.29, 1.82) is 0 Å². The first kappa shape index (κ1) is 13.6. The van der Waals surface area contributed by atoms with Gasteiger partial charge in [0, 0.05) is 15.6 Å². The van der Waals surface area contributed by atoms with Gasteiger partial charge in [-0.05, 0) is 28.1 Å². The van der Waals surface area contributed by atoms with Crippen molar-refractivity contribution in [1.82, 2.24) is 9.97 Å². The van der Waals surface area contributed by atoms with Crippen molar-refractivity contribution in [3.8, 4) is 11.1 Å². The summed E-state index contributed by atoms with van der Waals surface area (Å²) in [6.07, 6.45) is 1.44. The number of nitrogen functional groups attached to an aromatic ring is 1. The summed E-state index contributed by atoms with van der Waals surface area (Å²) in [5, 5.41) is 1.76. The fraction of sp³-hybridized carbons (Fsp3) is 0. The van der Waals surface area contributed by atoms with Crippen molar-refractivity contribution in [2.75, 3.05) is 5.73 Å². The maximum Gasteiger partial charge on any atom is 0.135 e. The van der Waals surface area contributed by atoms with Crippen LogP contribution in [0.15, 0.2) is 41.1 Å². The Morgan fingerprint density at radius 3 is 2.60 bits per heavy atom. The fourth-order valence-electron chi connectivity index (χ4n) is 2.09. The van der Waals surface area contributed by atoms with Crippen LogP contribution in [0.2, 0.25) is 10.0 Å². The predicted octanol–water partition coefficient (Wildman–Crippen LogP) is 4.95. The van der Waals surface area contributed by atoms with E-state index in [1.54, 1.807) is 6.07 Å². The molecule has 0 unspecified atom stereocenters. The van der Waals surface area contributed by atoms with Gasteiger partial charge in [-0.15, -0.1) is 0 Å². The second-order valence-electron chi connectivity index (χ2n) is 4.18. The Bertz CT molecular complexity index is 813. The molecule has 100 valence electrons. The largest absolute Gasteiger partial charge is 0.383 e. The predicted molar refractivity (Wildman–Crippen MR) is 87.1 cm³/mol. The molecule has 0 amide bonds. The van der Waals surface area contributed by atoms with E-state index < -0.39 is 0 Å². The van der Waals surface area contributed by atoms with Gasteiger partial charge >= 0.3 is 0 Å². The number of nitrogens with two attached hydrogens (primary N) is 1. The molecule has 2 N–H and O–H groups in total. The molecule has 0 radical (unpaired) electrons. The standard InChI is InChI=1S/C14H8BrCl2N3/c15-9-5-4-8(7-2-1-3-10(16)12(7)17)13-11(9)14(18)20-6-19-13/h1-6H,(H2,18,19,20). The molecule has 0 saturated heterocycles. The van der Waals surface area contributed by atoms with Crippen LogP contribution in [-0.4, -0.2) is 9.97 Å². The lowest BCUT2D eigenvalue weighted by atomic mass is 10.0. The van der Waals surface area contributed by atoms with E-state index in [0.717, 1.165) is 26.5 Å². The molecule has 0 aliphatic rings. The van der Waals surface area contributed by atoms with Gasteiger partial charge in [0.2, 0.25) is 0 Å². The lowest BCUT2D eigenvalue weighted by Gasteiger charge is -2.11. The number of nitrogens with zero attached hydrogens (tertiary/aromatic N) is 2. The van der Waals surface area contributed by atoms with E-state index in [-0.39, 0.29) is 0 Å². The van der Waals surface area contributed by atoms with E-state index in [2.05, 4.69) is 25.9 Å². The van der Waals surface area contributed by atoms with Gasteiger partial charge in [0.25, 0.3) is 0 Å². The third kappa shape index (κ3) is 2.14. The lowest BCUT2D eigenvalue weighted by Crippen LogP contribution is -1.95. The topological polar surface area (TPSA) is 51.8 Å². The minimum absolute atomic E-state index is 0.418. The van der Waals surface area contributed by atoms with Gasteiger partial charge in [0.15, 0.2) is 0 Å². The van der Waals surface area contributed by atoms with E-state index in [1.165, 1.54) is 6.33 Å². The van der Waals surface area contributed by atoms with Crippen molar-refractivity contribution in [2.24, 2.45) is 0 Å². The van der Waals surface area contributed by atoms with Crippen LogP contribution in [0.3, 0.4) is 0 Å². The van der Waals surface area contributed by atoms with Crippen LogP contribution in [0, 0.1) is 0 Å². The summed E-state index contributed by atoms with van der Waals surface area (Å²) in [7, 11) is 0. The molecule has 3 rings (SSSR count). The summed E-state index contributed by atoms with van der Waals surface area (Å²) in [6.45, 7) is 0. The fourth-order valence-corrected chi connectivity index (χ4v) is 3.01. The zero-order valence-corrected chi connectivity index (χ0v) is 13.2. The zero-order valence-electron chi connectivity index (χ0n) is 10.1. The quantitative estimate of drug-likeness (QED) is 0.661. The Hall–Kier alpha value is -1.36. The highest BCUT2D eigenvalue weighted by atomic mass is 79.9. The van der Waals surface area contributed by atoms with E-state index in [0.29, 0.717) is 15.9 Å². The maximum absolute atomic E-state index is 6.29. The number of benzene rings is 2. The molecule has 0 aliphatic carbocycles. The Kier molecular flexibility index (Phi) is 3.54. The highest BCUT2D eigenvalue weighted by Gasteiger charge is 2.14. The van der Waals surface area contributed by atoms with Gasteiger partial charge in [0.05, 0.1) is 20.9 Å². The molecule has 0 fully saturated rings. The summed E-state index contributed by atoms with van der Waals surface area (Å²) in [6, 6.07) is 9.32. The Morgan fingerprint density at radius 2 is 1.80 bits per heavy atom. The summed E-state index contributed by atoms with van der Waals surface area (Å²) >= 11 is 15.8. The normalized spacial score (nSPS) is 10.9. The molecule has 2 aromatic carbocycles. The first-order valence-electron chi connectivity index (χ1n) is 5.72. The zero-order chi connectivity index (χ0) is 14.3. The van der Waals surface area contributed by atoms with E-state index in [1.807, 2.05) is 24.3 Å². The number of hydrogen-bond acceptors (Lipinski definition) is 3. The monoisotopic (exact) mass is 367 g/mol. The number of rotatable bonds is 1. The van der Waals surface area contributed by atoms with Crippen LogP contribution in [0.4, 0.5) is 5.82 Å². The van der Waals surface area contributed by atoms with Crippen LogP contribution in [0.5, 0.6) is 0 Å². The third-order valence-corrected chi connectivity index (χ3v) is 4.49. The van der Waals surface area contributed by atoms with E-state index in [9.17, 15) is 0 Å². The van der Waals surface area contributed by atoms with Crippen molar-refractivity contribution in [3.05, 3.63) is 51.2 Å². The molecule has 0 saturated carbocycles. The van der Waals surface area contributed by atoms with Gasteiger partial charge < -0.3 is 5.73 Å². The molecule has 3 nitrogen and oxygen atoms in total. The Labute approximate surface area is 133 Å². The smallest absolute Gasteiger partial charge is 0.135 e. The molecule has 1 heterocycles. The minimum Gasteiger partial charge on any atom is -0.383 e. The Morgan fingerprint density at radius 1 is 1.00 bits per heavy atom. The number of hydrogen-bond donors (Lipinski definition) is 1. The summed E-state index contributed by atoms with van der Waals surface area (Å²) in [4.78, 5) is 8.35. The molecular weight excluding hydrogens is 361 g/mol. The second kappa shape index (κ2) is 5.20. The van der Waals surface area contributed by atoms with Gasteiger partial charge in [-0.3, -0.25) is 0 Å². The van der Waals surface area contributed by atoms with Gasteiger partial charge in [-0.2, -0.15) is 0 Å². The molecule has 0 spiro atoms. The first-order valence-corrected chi connectivity index (χ1v) is 7.27. The highest BCUT2D eigenvalue weighted by Crippen LogP contribution is 2.39.